The predicted molar refractivity (Wildman–Crippen MR) is 117 cm³/mol. The predicted octanol–water partition coefficient (Wildman–Crippen LogP) is 2.68. The van der Waals surface area contributed by atoms with Gasteiger partial charge in [0.05, 0.1) is 13.5 Å². The molecule has 0 N–H and O–H groups in total. The molecule has 0 bridgehead atoms. The third kappa shape index (κ3) is 3.92. The van der Waals surface area contributed by atoms with Gasteiger partial charge in [0.25, 0.3) is 0 Å². The first-order valence-corrected chi connectivity index (χ1v) is 12.0. The lowest BCUT2D eigenvalue weighted by Crippen LogP contribution is -2.74. The van der Waals surface area contributed by atoms with Crippen molar-refractivity contribution >= 4 is 24.6 Å². The Morgan fingerprint density at radius 1 is 0.964 bits per heavy atom. The van der Waals surface area contributed by atoms with Gasteiger partial charge in [-0.1, -0.05) is 81.4 Å². The van der Waals surface area contributed by atoms with Crippen LogP contribution in [-0.2, 0) is 9.53 Å². The summed E-state index contributed by atoms with van der Waals surface area (Å²) >= 11 is 0. The molecule has 5 heteroatoms. The van der Waals surface area contributed by atoms with Crippen LogP contribution in [0.2, 0.25) is 5.04 Å². The van der Waals surface area contributed by atoms with E-state index in [1.54, 1.807) is 0 Å². The largest absolute Gasteiger partial charge is 0.469 e. The van der Waals surface area contributed by atoms with Crippen molar-refractivity contribution in [1.82, 2.24) is 9.47 Å². The van der Waals surface area contributed by atoms with Crippen molar-refractivity contribution in [1.29, 1.82) is 0 Å². The summed E-state index contributed by atoms with van der Waals surface area (Å²) in [5.74, 6) is -0.135. The summed E-state index contributed by atoms with van der Waals surface area (Å²) in [7, 11) is -0.788. The molecule has 1 aliphatic rings. The fourth-order valence-corrected chi connectivity index (χ4v) is 10.6. The highest BCUT2D eigenvalue weighted by molar-refractivity contribution is 7.02. The number of rotatable bonds is 6. The molecule has 0 spiro atoms. The molecule has 0 aliphatic carbocycles. The fraction of sp³-hybridized carbons (Fsp3) is 0.435. The van der Waals surface area contributed by atoms with Crippen LogP contribution in [0, 0.1) is 0 Å². The van der Waals surface area contributed by atoms with Gasteiger partial charge in [-0.3, -0.25) is 9.69 Å². The second kappa shape index (κ2) is 8.60. The van der Waals surface area contributed by atoms with Gasteiger partial charge < -0.3 is 9.30 Å². The minimum absolute atomic E-state index is 0.105. The van der Waals surface area contributed by atoms with Crippen LogP contribution in [-0.4, -0.2) is 57.1 Å². The molecule has 0 amide bonds. The lowest BCUT2D eigenvalue weighted by Gasteiger charge is -2.49. The summed E-state index contributed by atoms with van der Waals surface area (Å²) in [6, 6.07) is 22.1. The number of ether oxygens (including phenoxy) is 1. The van der Waals surface area contributed by atoms with Gasteiger partial charge in [-0.2, -0.15) is 0 Å². The maximum Gasteiger partial charge on any atom is 0.306 e. The van der Waals surface area contributed by atoms with E-state index in [4.69, 9.17) is 4.74 Å². The molecule has 150 valence electrons. The Labute approximate surface area is 170 Å². The molecule has 1 fully saturated rings. The molecule has 2 aromatic rings. The Morgan fingerprint density at radius 2 is 1.50 bits per heavy atom. The highest BCUT2D eigenvalue weighted by Crippen LogP contribution is 2.39. The van der Waals surface area contributed by atoms with Crippen molar-refractivity contribution in [2.24, 2.45) is 0 Å². The number of carbonyl (C=O) groups excluding carboxylic acids is 1. The number of esters is 1. The first kappa shape index (κ1) is 20.8. The second-order valence-electron chi connectivity index (χ2n) is 8.54. The average molecular weight is 397 g/mol. The Kier molecular flexibility index (Phi) is 6.38. The SMILES string of the molecule is COC(=O)CCN1CCN([Si](c2ccccc2)(c2ccccc2)C(C)(C)C)C1. The highest BCUT2D eigenvalue weighted by atomic mass is 28.3. The van der Waals surface area contributed by atoms with Crippen LogP contribution in [0.3, 0.4) is 0 Å². The molecule has 0 unspecified atom stereocenters. The van der Waals surface area contributed by atoms with Gasteiger partial charge in [0, 0.05) is 26.3 Å². The third-order valence-corrected chi connectivity index (χ3v) is 11.7. The first-order chi connectivity index (χ1) is 13.4. The van der Waals surface area contributed by atoms with Crippen molar-refractivity contribution in [3.63, 3.8) is 0 Å². The molecular formula is C23H32N2O2Si. The molecule has 0 radical (unpaired) electrons. The standard InChI is InChI=1S/C23H32N2O2Si/c1-23(2,3)28(20-11-7-5-8-12-20,21-13-9-6-10-14-21)25-18-17-24(19-25)16-15-22(26)27-4/h5-14H,15-19H2,1-4H3. The van der Waals surface area contributed by atoms with E-state index in [0.717, 1.165) is 26.3 Å². The molecule has 3 rings (SSSR count). The quantitative estimate of drug-likeness (QED) is 0.555. The minimum atomic E-state index is -2.25. The average Bonchev–Trinajstić information content (AvgIpc) is 3.16. The van der Waals surface area contributed by atoms with E-state index >= 15 is 0 Å². The summed E-state index contributed by atoms with van der Waals surface area (Å²) < 4.78 is 7.54. The normalized spacial score (nSPS) is 16.3. The molecule has 2 aromatic carbocycles. The zero-order chi connectivity index (χ0) is 20.2. The van der Waals surface area contributed by atoms with Crippen LogP contribution in [0.15, 0.2) is 60.7 Å². The van der Waals surface area contributed by atoms with Crippen molar-refractivity contribution < 1.29 is 9.53 Å². The zero-order valence-electron chi connectivity index (χ0n) is 17.5. The van der Waals surface area contributed by atoms with Crippen LogP contribution in [0.5, 0.6) is 0 Å². The van der Waals surface area contributed by atoms with Crippen LogP contribution in [0.4, 0.5) is 0 Å². The molecule has 0 saturated carbocycles. The monoisotopic (exact) mass is 396 g/mol. The van der Waals surface area contributed by atoms with Crippen LogP contribution >= 0.6 is 0 Å². The third-order valence-electron chi connectivity index (χ3n) is 5.86. The Bertz CT molecular complexity index is 735. The van der Waals surface area contributed by atoms with Gasteiger partial charge in [0.1, 0.15) is 0 Å². The van der Waals surface area contributed by atoms with Crippen LogP contribution < -0.4 is 10.4 Å². The number of benzene rings is 2. The molecule has 1 aliphatic heterocycles. The molecular weight excluding hydrogens is 364 g/mol. The maximum absolute atomic E-state index is 11.6. The fourth-order valence-electron chi connectivity index (χ4n) is 4.68. The Hall–Kier alpha value is -1.95. The second-order valence-corrected chi connectivity index (χ2v) is 13.2. The van der Waals surface area contributed by atoms with Gasteiger partial charge in [-0.15, -0.1) is 0 Å². The molecule has 0 atom stereocenters. The molecule has 28 heavy (non-hydrogen) atoms. The summed E-state index contributed by atoms with van der Waals surface area (Å²) in [6.07, 6.45) is 0.449. The van der Waals surface area contributed by atoms with Gasteiger partial charge in [-0.25, -0.2) is 0 Å². The van der Waals surface area contributed by atoms with Crippen molar-refractivity contribution in [2.45, 2.75) is 32.2 Å². The number of hydrogen-bond acceptors (Lipinski definition) is 4. The number of hydrogen-bond donors (Lipinski definition) is 0. The van der Waals surface area contributed by atoms with Crippen molar-refractivity contribution in [3.8, 4) is 0 Å². The number of nitrogens with zero attached hydrogens (tertiary/aromatic N) is 2. The highest BCUT2D eigenvalue weighted by Gasteiger charge is 2.53. The minimum Gasteiger partial charge on any atom is -0.469 e. The van der Waals surface area contributed by atoms with Gasteiger partial charge >= 0.3 is 5.97 Å². The summed E-state index contributed by atoms with van der Waals surface area (Å²) in [6.45, 7) is 10.8. The van der Waals surface area contributed by atoms with E-state index in [-0.39, 0.29) is 11.0 Å². The van der Waals surface area contributed by atoms with E-state index < -0.39 is 8.24 Å². The Morgan fingerprint density at radius 3 is 1.96 bits per heavy atom. The molecule has 1 heterocycles. The Balaban J connectivity index is 2.01. The van der Waals surface area contributed by atoms with E-state index in [1.165, 1.54) is 17.5 Å². The topological polar surface area (TPSA) is 32.8 Å². The van der Waals surface area contributed by atoms with Crippen molar-refractivity contribution in [2.75, 3.05) is 33.4 Å². The van der Waals surface area contributed by atoms with E-state index in [2.05, 4.69) is 90.9 Å². The van der Waals surface area contributed by atoms with E-state index in [9.17, 15) is 4.79 Å². The van der Waals surface area contributed by atoms with Crippen molar-refractivity contribution in [3.05, 3.63) is 60.7 Å². The molecule has 1 saturated heterocycles. The summed E-state index contributed by atoms with van der Waals surface area (Å²) in [4.78, 5) is 14.0. The van der Waals surface area contributed by atoms with Gasteiger partial charge in [0.2, 0.25) is 0 Å². The number of carbonyl (C=O) groups is 1. The van der Waals surface area contributed by atoms with Crippen LogP contribution in [0.1, 0.15) is 27.2 Å². The summed E-state index contributed by atoms with van der Waals surface area (Å²) in [5, 5.41) is 3.00. The van der Waals surface area contributed by atoms with Gasteiger partial charge in [0.15, 0.2) is 8.24 Å². The van der Waals surface area contributed by atoms with E-state index in [1.807, 2.05) is 0 Å². The van der Waals surface area contributed by atoms with Crippen LogP contribution in [0.25, 0.3) is 0 Å². The lowest BCUT2D eigenvalue weighted by atomic mass is 10.2. The lowest BCUT2D eigenvalue weighted by molar-refractivity contribution is -0.140. The first-order valence-electron chi connectivity index (χ1n) is 10.0. The maximum atomic E-state index is 11.6. The smallest absolute Gasteiger partial charge is 0.306 e. The van der Waals surface area contributed by atoms with Gasteiger partial charge in [-0.05, 0) is 15.4 Å². The summed E-state index contributed by atoms with van der Waals surface area (Å²) in [5.41, 5.74) is 0. The van der Waals surface area contributed by atoms with E-state index in [0.29, 0.717) is 6.42 Å². The number of methoxy groups -OCH3 is 1. The molecule has 0 aromatic heterocycles. The molecule has 4 nitrogen and oxygen atoms in total. The zero-order valence-corrected chi connectivity index (χ0v) is 18.5.